The smallest absolute Gasteiger partial charge is 0.242 e. The zero-order chi connectivity index (χ0) is 26.9. The van der Waals surface area contributed by atoms with Crippen molar-refractivity contribution in [3.8, 4) is 11.9 Å². The fourth-order valence-electron chi connectivity index (χ4n) is 6.95. The summed E-state index contributed by atoms with van der Waals surface area (Å²) in [6.07, 6.45) is 15.2. The SMILES string of the molecule is C1=CCCC(n2c(-n3c4c(c5ccccc53)CCC=C4)nnc2-n2c3ccccc3c3c4ccccc4ccc32)=C1. The first kappa shape index (κ1) is 22.6. The van der Waals surface area contributed by atoms with E-state index in [1.54, 1.807) is 0 Å². The fraction of sp³-hybridized carbons (Fsp3) is 0.111. The van der Waals surface area contributed by atoms with Gasteiger partial charge in [-0.1, -0.05) is 85.0 Å². The van der Waals surface area contributed by atoms with Crippen molar-refractivity contribution in [1.82, 2.24) is 23.9 Å². The monoisotopic (exact) mass is 529 g/mol. The molecule has 0 spiro atoms. The third kappa shape index (κ3) is 3.17. The molecule has 41 heavy (non-hydrogen) atoms. The Morgan fingerprint density at radius 1 is 0.561 bits per heavy atom. The summed E-state index contributed by atoms with van der Waals surface area (Å²) < 4.78 is 6.92. The Morgan fingerprint density at radius 2 is 1.27 bits per heavy atom. The van der Waals surface area contributed by atoms with Crippen molar-refractivity contribution in [1.29, 1.82) is 0 Å². The minimum atomic E-state index is 0.814. The largest absolute Gasteiger partial charge is 0.278 e. The number of para-hydroxylation sites is 2. The van der Waals surface area contributed by atoms with Crippen LogP contribution in [0.3, 0.4) is 0 Å². The number of hydrogen-bond donors (Lipinski definition) is 0. The minimum absolute atomic E-state index is 0.814. The van der Waals surface area contributed by atoms with Crippen LogP contribution in [0, 0.1) is 0 Å². The van der Waals surface area contributed by atoms with Gasteiger partial charge in [-0.15, -0.1) is 10.2 Å². The standard InChI is InChI=1S/C36H27N5/c1-2-13-25(14-3-1)39-35(40-30-19-9-6-16-27(30)28-17-7-10-20-31(28)40)37-38-36(39)41-32-21-11-8-18-29(32)34-26-15-5-4-12-24(26)22-23-33(34)41/h1-2,4-6,8-13,15-16,18-23H,3,7,14,17H2. The molecule has 3 heterocycles. The third-order valence-electron chi connectivity index (χ3n) is 8.73. The van der Waals surface area contributed by atoms with Crippen LogP contribution in [0.15, 0.2) is 109 Å². The Labute approximate surface area is 237 Å². The van der Waals surface area contributed by atoms with Crippen LogP contribution in [0.4, 0.5) is 0 Å². The van der Waals surface area contributed by atoms with Gasteiger partial charge in [-0.3, -0.25) is 13.7 Å². The molecule has 0 radical (unpaired) electrons. The average molecular weight is 530 g/mol. The molecule has 0 amide bonds. The second-order valence-corrected chi connectivity index (χ2v) is 11.0. The molecule has 2 aliphatic carbocycles. The van der Waals surface area contributed by atoms with Crippen LogP contribution in [-0.4, -0.2) is 23.9 Å². The molecule has 7 aromatic rings. The Kier molecular flexibility index (Phi) is 4.79. The number of nitrogens with zero attached hydrogens (tertiary/aromatic N) is 5. The van der Waals surface area contributed by atoms with Gasteiger partial charge in [-0.25, -0.2) is 0 Å². The predicted octanol–water partition coefficient (Wildman–Crippen LogP) is 8.62. The van der Waals surface area contributed by atoms with Crippen molar-refractivity contribution in [3.05, 3.63) is 120 Å². The van der Waals surface area contributed by atoms with Crippen LogP contribution in [-0.2, 0) is 6.42 Å². The molecular weight excluding hydrogens is 502 g/mol. The molecule has 5 nitrogen and oxygen atoms in total. The second kappa shape index (κ2) is 8.67. The molecule has 0 N–H and O–H groups in total. The van der Waals surface area contributed by atoms with Crippen LogP contribution < -0.4 is 0 Å². The Hall–Kier alpha value is -5.16. The maximum Gasteiger partial charge on any atom is 0.242 e. The van der Waals surface area contributed by atoms with Crippen LogP contribution in [0.5, 0.6) is 0 Å². The molecule has 0 saturated carbocycles. The molecule has 4 aromatic carbocycles. The van der Waals surface area contributed by atoms with Crippen molar-refractivity contribution in [3.63, 3.8) is 0 Å². The first-order chi connectivity index (χ1) is 20.4. The summed E-state index contributed by atoms with van der Waals surface area (Å²) in [5, 5.41) is 16.2. The van der Waals surface area contributed by atoms with E-state index in [9.17, 15) is 0 Å². The van der Waals surface area contributed by atoms with Crippen LogP contribution in [0.2, 0.25) is 0 Å². The maximum absolute atomic E-state index is 4.99. The molecule has 0 unspecified atom stereocenters. The lowest BCUT2D eigenvalue weighted by atomic mass is 10.0. The molecule has 196 valence electrons. The molecule has 0 bridgehead atoms. The van der Waals surface area contributed by atoms with E-state index in [1.165, 1.54) is 49.4 Å². The van der Waals surface area contributed by atoms with Gasteiger partial charge in [0.05, 0.1) is 22.2 Å². The van der Waals surface area contributed by atoms with Crippen molar-refractivity contribution in [2.75, 3.05) is 0 Å². The van der Waals surface area contributed by atoms with Gasteiger partial charge < -0.3 is 0 Å². The van der Waals surface area contributed by atoms with Gasteiger partial charge in [0.25, 0.3) is 0 Å². The highest BCUT2D eigenvalue weighted by molar-refractivity contribution is 6.21. The average Bonchev–Trinajstić information content (AvgIpc) is 3.71. The van der Waals surface area contributed by atoms with E-state index in [-0.39, 0.29) is 0 Å². The van der Waals surface area contributed by atoms with Gasteiger partial charge in [0.2, 0.25) is 11.9 Å². The normalized spacial score (nSPS) is 14.9. The van der Waals surface area contributed by atoms with Crippen LogP contribution in [0.1, 0.15) is 30.5 Å². The van der Waals surface area contributed by atoms with Crippen molar-refractivity contribution in [2.45, 2.75) is 25.7 Å². The van der Waals surface area contributed by atoms with Gasteiger partial charge in [-0.05, 0) is 72.4 Å². The zero-order valence-corrected chi connectivity index (χ0v) is 22.5. The summed E-state index contributed by atoms with van der Waals surface area (Å²) in [6.45, 7) is 0. The lowest BCUT2D eigenvalue weighted by Crippen LogP contribution is -2.13. The van der Waals surface area contributed by atoms with E-state index in [0.717, 1.165) is 48.6 Å². The first-order valence-corrected chi connectivity index (χ1v) is 14.4. The van der Waals surface area contributed by atoms with E-state index < -0.39 is 0 Å². The number of benzene rings is 4. The quantitative estimate of drug-likeness (QED) is 0.230. The molecule has 5 heteroatoms. The van der Waals surface area contributed by atoms with E-state index >= 15 is 0 Å². The number of rotatable bonds is 3. The minimum Gasteiger partial charge on any atom is -0.278 e. The second-order valence-electron chi connectivity index (χ2n) is 11.0. The van der Waals surface area contributed by atoms with Gasteiger partial charge >= 0.3 is 0 Å². The van der Waals surface area contributed by atoms with E-state index in [4.69, 9.17) is 10.2 Å². The Morgan fingerprint density at radius 3 is 2.10 bits per heavy atom. The molecule has 3 aromatic heterocycles. The summed E-state index contributed by atoms with van der Waals surface area (Å²) in [5.74, 6) is 1.65. The summed E-state index contributed by atoms with van der Waals surface area (Å²) in [6, 6.07) is 30.5. The Balaban J connectivity index is 1.42. The predicted molar refractivity (Wildman–Crippen MR) is 169 cm³/mol. The number of aryl methyl sites for hydroxylation is 1. The number of allylic oxidation sites excluding steroid dienone is 5. The van der Waals surface area contributed by atoms with Crippen molar-refractivity contribution in [2.24, 2.45) is 0 Å². The fourth-order valence-corrected chi connectivity index (χ4v) is 6.95. The highest BCUT2D eigenvalue weighted by Crippen LogP contribution is 2.39. The van der Waals surface area contributed by atoms with Crippen LogP contribution in [0.25, 0.3) is 67.2 Å². The number of aromatic nitrogens is 5. The molecule has 9 rings (SSSR count). The highest BCUT2D eigenvalue weighted by atomic mass is 15.4. The molecular formula is C36H27N5. The van der Waals surface area contributed by atoms with Gasteiger partial charge in [0.1, 0.15) is 0 Å². The Bertz CT molecular complexity index is 2270. The summed E-state index contributed by atoms with van der Waals surface area (Å²) in [7, 11) is 0. The highest BCUT2D eigenvalue weighted by Gasteiger charge is 2.27. The lowest BCUT2D eigenvalue weighted by Gasteiger charge is -2.18. The van der Waals surface area contributed by atoms with E-state index in [0.29, 0.717) is 0 Å². The summed E-state index contributed by atoms with van der Waals surface area (Å²) in [4.78, 5) is 0. The van der Waals surface area contributed by atoms with E-state index in [1.807, 2.05) is 0 Å². The third-order valence-corrected chi connectivity index (χ3v) is 8.73. The summed E-state index contributed by atoms with van der Waals surface area (Å²) >= 11 is 0. The van der Waals surface area contributed by atoms with Crippen molar-refractivity contribution >= 4 is 55.3 Å². The topological polar surface area (TPSA) is 40.6 Å². The van der Waals surface area contributed by atoms with Crippen molar-refractivity contribution < 1.29 is 0 Å². The van der Waals surface area contributed by atoms with Gasteiger partial charge in [0.15, 0.2) is 0 Å². The van der Waals surface area contributed by atoms with Gasteiger partial charge in [0, 0.05) is 21.9 Å². The van der Waals surface area contributed by atoms with Crippen LogP contribution >= 0.6 is 0 Å². The number of fused-ring (bicyclic) bond motifs is 8. The zero-order valence-electron chi connectivity index (χ0n) is 22.5. The van der Waals surface area contributed by atoms with E-state index in [2.05, 4.69) is 129 Å². The molecule has 0 saturated heterocycles. The lowest BCUT2D eigenvalue weighted by molar-refractivity contribution is 0.847. The first-order valence-electron chi connectivity index (χ1n) is 14.4. The van der Waals surface area contributed by atoms with Gasteiger partial charge in [-0.2, -0.15) is 0 Å². The summed E-state index contributed by atoms with van der Waals surface area (Å²) in [5.41, 5.74) is 7.23. The maximum atomic E-state index is 4.99. The number of hydrogen-bond acceptors (Lipinski definition) is 2. The molecule has 0 atom stereocenters. The molecule has 0 aliphatic heterocycles. The molecule has 0 fully saturated rings. The molecule has 2 aliphatic rings.